The van der Waals surface area contributed by atoms with Crippen LogP contribution in [0.2, 0.25) is 0 Å². The molecule has 0 aliphatic heterocycles. The van der Waals surface area contributed by atoms with Crippen molar-refractivity contribution in [1.82, 2.24) is 0 Å². The molecule has 0 heterocycles. The van der Waals surface area contributed by atoms with Crippen LogP contribution in [0.15, 0.2) is 24.3 Å². The van der Waals surface area contributed by atoms with Gasteiger partial charge in [-0.25, -0.2) is 0 Å². The van der Waals surface area contributed by atoms with Crippen LogP contribution < -0.4 is 10.1 Å². The van der Waals surface area contributed by atoms with E-state index in [0.717, 1.165) is 38.5 Å². The second-order valence-corrected chi connectivity index (χ2v) is 5.56. The predicted molar refractivity (Wildman–Crippen MR) is 74.3 cm³/mol. The molecule has 0 amide bonds. The molecule has 3 nitrogen and oxygen atoms in total. The average molecular weight is 303 g/mol. The molecule has 0 unspecified atom stereocenters. The zero-order valence-corrected chi connectivity index (χ0v) is 11.7. The first-order chi connectivity index (χ1) is 9.86. The van der Waals surface area contributed by atoms with Gasteiger partial charge < -0.3 is 15.2 Å². The van der Waals surface area contributed by atoms with Gasteiger partial charge in [0.15, 0.2) is 0 Å². The van der Waals surface area contributed by atoms with E-state index in [9.17, 15) is 18.3 Å². The first kappa shape index (κ1) is 15.9. The minimum absolute atomic E-state index is 0.249. The predicted octanol–water partition coefficient (Wildman–Crippen LogP) is 4.08. The van der Waals surface area contributed by atoms with Gasteiger partial charge in [0, 0.05) is 12.2 Å². The van der Waals surface area contributed by atoms with E-state index in [0.29, 0.717) is 12.2 Å². The number of anilines is 1. The third-order valence-corrected chi connectivity index (χ3v) is 3.74. The van der Waals surface area contributed by atoms with E-state index in [1.807, 2.05) is 0 Å². The minimum Gasteiger partial charge on any atom is -0.406 e. The number of ether oxygens (including phenoxy) is 1. The highest BCUT2D eigenvalue weighted by Gasteiger charge is 2.31. The Morgan fingerprint density at radius 1 is 1.05 bits per heavy atom. The van der Waals surface area contributed by atoms with Crippen molar-refractivity contribution >= 4 is 5.69 Å². The second-order valence-electron chi connectivity index (χ2n) is 5.56. The summed E-state index contributed by atoms with van der Waals surface area (Å²) in [5, 5.41) is 13.6. The van der Waals surface area contributed by atoms with Crippen LogP contribution in [0.25, 0.3) is 0 Å². The largest absolute Gasteiger partial charge is 0.573 e. The molecule has 1 aromatic carbocycles. The van der Waals surface area contributed by atoms with Crippen molar-refractivity contribution in [3.8, 4) is 5.75 Å². The summed E-state index contributed by atoms with van der Waals surface area (Å²) < 4.78 is 40.0. The molecule has 118 valence electrons. The zero-order valence-electron chi connectivity index (χ0n) is 11.7. The number of alkyl halides is 3. The molecular weight excluding hydrogens is 283 g/mol. The average Bonchev–Trinajstić information content (AvgIpc) is 2.62. The number of nitrogens with one attached hydrogen (secondary N) is 1. The van der Waals surface area contributed by atoms with Gasteiger partial charge in [-0.15, -0.1) is 13.2 Å². The maximum Gasteiger partial charge on any atom is 0.573 e. The molecule has 21 heavy (non-hydrogen) atoms. The lowest BCUT2D eigenvalue weighted by atomic mass is 9.94. The van der Waals surface area contributed by atoms with Crippen molar-refractivity contribution in [3.05, 3.63) is 24.3 Å². The first-order valence-corrected chi connectivity index (χ1v) is 7.18. The Kier molecular flexibility index (Phi) is 4.98. The van der Waals surface area contributed by atoms with Gasteiger partial charge in [0.25, 0.3) is 0 Å². The Hall–Kier alpha value is -1.43. The summed E-state index contributed by atoms with van der Waals surface area (Å²) in [6, 6.07) is 5.54. The topological polar surface area (TPSA) is 41.5 Å². The lowest BCUT2D eigenvalue weighted by Crippen LogP contribution is -2.36. The zero-order chi connectivity index (χ0) is 15.3. The number of hydrogen-bond acceptors (Lipinski definition) is 3. The molecule has 0 atom stereocenters. The van der Waals surface area contributed by atoms with Crippen molar-refractivity contribution < 1.29 is 23.0 Å². The van der Waals surface area contributed by atoms with Crippen LogP contribution in [-0.2, 0) is 0 Å². The van der Waals surface area contributed by atoms with Gasteiger partial charge in [-0.05, 0) is 37.1 Å². The lowest BCUT2D eigenvalue weighted by Gasteiger charge is -2.27. The van der Waals surface area contributed by atoms with Crippen molar-refractivity contribution in [3.63, 3.8) is 0 Å². The quantitative estimate of drug-likeness (QED) is 0.823. The van der Waals surface area contributed by atoms with Gasteiger partial charge in [0.05, 0.1) is 5.60 Å². The molecule has 0 aromatic heterocycles. The van der Waals surface area contributed by atoms with Crippen molar-refractivity contribution in [1.29, 1.82) is 0 Å². The smallest absolute Gasteiger partial charge is 0.406 e. The van der Waals surface area contributed by atoms with Crippen LogP contribution in [0, 0.1) is 0 Å². The Labute approximate surface area is 122 Å². The highest BCUT2D eigenvalue weighted by Crippen LogP contribution is 2.28. The van der Waals surface area contributed by atoms with Crippen molar-refractivity contribution in [2.24, 2.45) is 0 Å². The minimum atomic E-state index is -4.68. The number of aliphatic hydroxyl groups is 1. The van der Waals surface area contributed by atoms with Crippen LogP contribution in [-0.4, -0.2) is 23.6 Å². The van der Waals surface area contributed by atoms with E-state index < -0.39 is 12.0 Å². The molecule has 1 aliphatic carbocycles. The summed E-state index contributed by atoms with van der Waals surface area (Å²) in [5.41, 5.74) is -0.0559. The van der Waals surface area contributed by atoms with E-state index >= 15 is 0 Å². The molecule has 1 fully saturated rings. The van der Waals surface area contributed by atoms with Crippen LogP contribution >= 0.6 is 0 Å². The van der Waals surface area contributed by atoms with Gasteiger partial charge in [0.1, 0.15) is 5.75 Å². The molecule has 0 spiro atoms. The summed E-state index contributed by atoms with van der Waals surface area (Å²) in [7, 11) is 0. The Bertz CT molecular complexity index is 437. The third kappa shape index (κ3) is 5.46. The van der Waals surface area contributed by atoms with E-state index in [1.54, 1.807) is 0 Å². The second kappa shape index (κ2) is 6.56. The third-order valence-electron chi connectivity index (χ3n) is 3.74. The number of hydrogen-bond donors (Lipinski definition) is 2. The number of benzene rings is 1. The van der Waals surface area contributed by atoms with Gasteiger partial charge in [0.2, 0.25) is 0 Å². The Balaban J connectivity index is 1.88. The standard InChI is InChI=1S/C15H20F3NO2/c16-15(17,18)21-13-7-5-12(6-8-13)19-11-14(20)9-3-1-2-4-10-14/h5-8,19-20H,1-4,9-11H2. The maximum absolute atomic E-state index is 12.1. The van der Waals surface area contributed by atoms with Crippen LogP contribution in [0.4, 0.5) is 18.9 Å². The van der Waals surface area contributed by atoms with Crippen LogP contribution in [0.5, 0.6) is 5.75 Å². The number of rotatable bonds is 4. The molecule has 1 saturated carbocycles. The van der Waals surface area contributed by atoms with E-state index in [-0.39, 0.29) is 5.75 Å². The fourth-order valence-corrected chi connectivity index (χ4v) is 2.60. The van der Waals surface area contributed by atoms with E-state index in [2.05, 4.69) is 10.1 Å². The molecule has 2 rings (SSSR count). The highest BCUT2D eigenvalue weighted by molar-refractivity contribution is 5.46. The summed E-state index contributed by atoms with van der Waals surface area (Å²) in [6.45, 7) is 0.409. The van der Waals surface area contributed by atoms with Crippen LogP contribution in [0.3, 0.4) is 0 Å². The van der Waals surface area contributed by atoms with E-state index in [1.165, 1.54) is 24.3 Å². The van der Waals surface area contributed by atoms with Crippen molar-refractivity contribution in [2.45, 2.75) is 50.5 Å². The summed E-state index contributed by atoms with van der Waals surface area (Å²) in [6.07, 6.45) is 1.15. The molecule has 0 bridgehead atoms. The van der Waals surface area contributed by atoms with Gasteiger partial charge in [-0.1, -0.05) is 25.7 Å². The van der Waals surface area contributed by atoms with Crippen LogP contribution in [0.1, 0.15) is 38.5 Å². The monoisotopic (exact) mass is 303 g/mol. The molecular formula is C15H20F3NO2. The van der Waals surface area contributed by atoms with Gasteiger partial charge in [-0.2, -0.15) is 0 Å². The molecule has 6 heteroatoms. The van der Waals surface area contributed by atoms with E-state index in [4.69, 9.17) is 0 Å². The molecule has 1 aliphatic rings. The molecule has 0 saturated heterocycles. The fraction of sp³-hybridized carbons (Fsp3) is 0.600. The maximum atomic E-state index is 12.1. The van der Waals surface area contributed by atoms with Gasteiger partial charge >= 0.3 is 6.36 Å². The SMILES string of the molecule is OC1(CNc2ccc(OC(F)(F)F)cc2)CCCCCC1. The first-order valence-electron chi connectivity index (χ1n) is 7.18. The normalized spacial score (nSPS) is 18.9. The summed E-state index contributed by atoms with van der Waals surface area (Å²) in [5.74, 6) is -0.249. The molecule has 2 N–H and O–H groups in total. The lowest BCUT2D eigenvalue weighted by molar-refractivity contribution is -0.274. The molecule has 1 aromatic rings. The van der Waals surface area contributed by atoms with Crippen molar-refractivity contribution in [2.75, 3.05) is 11.9 Å². The molecule has 0 radical (unpaired) electrons. The summed E-state index contributed by atoms with van der Waals surface area (Å²) >= 11 is 0. The highest BCUT2D eigenvalue weighted by atomic mass is 19.4. The fourth-order valence-electron chi connectivity index (χ4n) is 2.60. The number of halogens is 3. The summed E-state index contributed by atoms with van der Waals surface area (Å²) in [4.78, 5) is 0. The van der Waals surface area contributed by atoms with Gasteiger partial charge in [-0.3, -0.25) is 0 Å². The Morgan fingerprint density at radius 3 is 2.14 bits per heavy atom. The Morgan fingerprint density at radius 2 is 1.62 bits per heavy atom.